The van der Waals surface area contributed by atoms with Crippen LogP contribution in [0.25, 0.3) is 0 Å². The second kappa shape index (κ2) is 5.99. The lowest BCUT2D eigenvalue weighted by Crippen LogP contribution is -2.46. The lowest BCUT2D eigenvalue weighted by Gasteiger charge is -2.37. The Morgan fingerprint density at radius 1 is 1.30 bits per heavy atom. The summed E-state index contributed by atoms with van der Waals surface area (Å²) in [5, 5.41) is 0. The van der Waals surface area contributed by atoms with E-state index >= 15 is 0 Å². The second-order valence-electron chi connectivity index (χ2n) is 6.71. The van der Waals surface area contributed by atoms with E-state index in [0.717, 1.165) is 37.7 Å². The van der Waals surface area contributed by atoms with Crippen LogP contribution in [0.2, 0.25) is 0 Å². The van der Waals surface area contributed by atoms with Crippen LogP contribution in [0.5, 0.6) is 0 Å². The van der Waals surface area contributed by atoms with Gasteiger partial charge in [-0.3, -0.25) is 9.59 Å². The zero-order chi connectivity index (χ0) is 16.5. The number of benzene rings is 1. The van der Waals surface area contributed by atoms with E-state index in [1.807, 2.05) is 30.3 Å². The smallest absolute Gasteiger partial charge is 0.324 e. The van der Waals surface area contributed by atoms with Gasteiger partial charge in [0, 0.05) is 5.41 Å². The van der Waals surface area contributed by atoms with Crippen molar-refractivity contribution in [3.05, 3.63) is 35.9 Å². The molecular weight excluding hydrogens is 292 g/mol. The summed E-state index contributed by atoms with van der Waals surface area (Å²) in [6.45, 7) is 2.13. The molecule has 1 aliphatic heterocycles. The molecular formula is C19H24O4. The van der Waals surface area contributed by atoms with Crippen molar-refractivity contribution in [2.75, 3.05) is 7.11 Å². The SMILES string of the molecule is CCCC[C@@]12CCC[C@]1(C(=O)OC)C(=O)O[C@@H]2c1ccccc1. The number of esters is 2. The van der Waals surface area contributed by atoms with Gasteiger partial charge in [-0.2, -0.15) is 0 Å². The molecule has 23 heavy (non-hydrogen) atoms. The molecule has 0 bridgehead atoms. The summed E-state index contributed by atoms with van der Waals surface area (Å²) in [5.74, 6) is -0.818. The van der Waals surface area contributed by atoms with E-state index in [1.165, 1.54) is 7.11 Å². The first-order chi connectivity index (χ1) is 11.1. The quantitative estimate of drug-likeness (QED) is 0.612. The Morgan fingerprint density at radius 2 is 2.04 bits per heavy atom. The van der Waals surface area contributed by atoms with Gasteiger partial charge < -0.3 is 9.47 Å². The molecule has 0 unspecified atom stereocenters. The van der Waals surface area contributed by atoms with Gasteiger partial charge in [0.15, 0.2) is 5.41 Å². The normalized spacial score (nSPS) is 32.4. The molecule has 3 atom stereocenters. The summed E-state index contributed by atoms with van der Waals surface area (Å²) in [4.78, 5) is 25.5. The van der Waals surface area contributed by atoms with Crippen LogP contribution in [0.15, 0.2) is 30.3 Å². The van der Waals surface area contributed by atoms with Crippen molar-refractivity contribution in [3.63, 3.8) is 0 Å². The van der Waals surface area contributed by atoms with Crippen LogP contribution >= 0.6 is 0 Å². The van der Waals surface area contributed by atoms with Crippen LogP contribution in [0.4, 0.5) is 0 Å². The third-order valence-corrected chi connectivity index (χ3v) is 5.71. The van der Waals surface area contributed by atoms with Gasteiger partial charge in [0.2, 0.25) is 0 Å². The monoisotopic (exact) mass is 316 g/mol. The van der Waals surface area contributed by atoms with Crippen LogP contribution in [0.1, 0.15) is 57.1 Å². The predicted octanol–water partition coefficient (Wildman–Crippen LogP) is 3.80. The summed E-state index contributed by atoms with van der Waals surface area (Å²) in [6, 6.07) is 9.81. The van der Waals surface area contributed by atoms with Gasteiger partial charge >= 0.3 is 11.9 Å². The number of carbonyl (C=O) groups is 2. The molecule has 0 amide bonds. The lowest BCUT2D eigenvalue weighted by atomic mass is 9.61. The number of unbranched alkanes of at least 4 members (excludes halogenated alkanes) is 1. The maximum absolute atomic E-state index is 12.8. The minimum Gasteiger partial charge on any atom is -0.468 e. The first-order valence-corrected chi connectivity index (χ1v) is 8.47. The molecule has 2 aliphatic rings. The number of rotatable bonds is 5. The van der Waals surface area contributed by atoms with E-state index in [0.29, 0.717) is 6.42 Å². The van der Waals surface area contributed by atoms with Crippen molar-refractivity contribution < 1.29 is 19.1 Å². The Kier molecular flexibility index (Phi) is 4.17. The Labute approximate surface area is 137 Å². The number of hydrogen-bond donors (Lipinski definition) is 0. The van der Waals surface area contributed by atoms with E-state index in [1.54, 1.807) is 0 Å². The van der Waals surface area contributed by atoms with Gasteiger partial charge in [-0.1, -0.05) is 56.5 Å². The van der Waals surface area contributed by atoms with Crippen molar-refractivity contribution in [3.8, 4) is 0 Å². The van der Waals surface area contributed by atoms with Gasteiger partial charge in [-0.05, 0) is 24.8 Å². The molecule has 1 aromatic rings. The van der Waals surface area contributed by atoms with Crippen molar-refractivity contribution in [1.29, 1.82) is 0 Å². The summed E-state index contributed by atoms with van der Waals surface area (Å²) < 4.78 is 10.9. The summed E-state index contributed by atoms with van der Waals surface area (Å²) in [7, 11) is 1.36. The number of ether oxygens (including phenoxy) is 2. The first-order valence-electron chi connectivity index (χ1n) is 8.47. The average molecular weight is 316 g/mol. The van der Waals surface area contributed by atoms with Crippen molar-refractivity contribution >= 4 is 11.9 Å². The van der Waals surface area contributed by atoms with Crippen LogP contribution < -0.4 is 0 Å². The number of carbonyl (C=O) groups excluding carboxylic acids is 2. The van der Waals surface area contributed by atoms with E-state index in [9.17, 15) is 9.59 Å². The van der Waals surface area contributed by atoms with E-state index in [-0.39, 0.29) is 6.10 Å². The summed E-state index contributed by atoms with van der Waals surface area (Å²) in [6.07, 6.45) is 4.66. The molecule has 0 spiro atoms. The largest absolute Gasteiger partial charge is 0.468 e. The Morgan fingerprint density at radius 3 is 2.70 bits per heavy atom. The standard InChI is InChI=1S/C19H24O4/c1-3-4-11-18-12-8-13-19(18,16(20)22-2)17(21)23-15(18)14-9-6-5-7-10-14/h5-7,9-10,15H,3-4,8,11-13H2,1-2H3/t15-,18+,19+/m1/s1. The van der Waals surface area contributed by atoms with E-state index in [2.05, 4.69) is 6.92 Å². The topological polar surface area (TPSA) is 52.6 Å². The van der Waals surface area contributed by atoms with Crippen LogP contribution in [-0.4, -0.2) is 19.0 Å². The number of methoxy groups -OCH3 is 1. The van der Waals surface area contributed by atoms with E-state index < -0.39 is 22.8 Å². The molecule has 4 heteroatoms. The molecule has 2 fully saturated rings. The third-order valence-electron chi connectivity index (χ3n) is 5.71. The third kappa shape index (κ3) is 2.11. The molecule has 1 saturated heterocycles. The molecule has 1 saturated carbocycles. The highest BCUT2D eigenvalue weighted by atomic mass is 16.6. The summed E-state index contributed by atoms with van der Waals surface area (Å²) >= 11 is 0. The highest BCUT2D eigenvalue weighted by Crippen LogP contribution is 2.68. The predicted molar refractivity (Wildman–Crippen MR) is 85.5 cm³/mol. The maximum atomic E-state index is 12.8. The Hall–Kier alpha value is -1.84. The second-order valence-corrected chi connectivity index (χ2v) is 6.71. The zero-order valence-corrected chi connectivity index (χ0v) is 13.8. The van der Waals surface area contributed by atoms with Crippen molar-refractivity contribution in [2.45, 2.75) is 51.6 Å². The molecule has 3 rings (SSSR count). The fourth-order valence-electron chi connectivity index (χ4n) is 4.65. The highest BCUT2D eigenvalue weighted by molar-refractivity contribution is 6.03. The van der Waals surface area contributed by atoms with Crippen molar-refractivity contribution in [2.24, 2.45) is 10.8 Å². The fourth-order valence-corrected chi connectivity index (χ4v) is 4.65. The molecule has 0 aromatic heterocycles. The van der Waals surface area contributed by atoms with Crippen molar-refractivity contribution in [1.82, 2.24) is 0 Å². The number of cyclic esters (lactones) is 1. The molecule has 4 nitrogen and oxygen atoms in total. The van der Waals surface area contributed by atoms with Gasteiger partial charge in [0.1, 0.15) is 6.10 Å². The molecule has 124 valence electrons. The zero-order valence-electron chi connectivity index (χ0n) is 13.8. The van der Waals surface area contributed by atoms with Crippen LogP contribution in [0, 0.1) is 10.8 Å². The Balaban J connectivity index is 2.12. The minimum absolute atomic E-state index is 0.357. The molecule has 0 radical (unpaired) electrons. The fraction of sp³-hybridized carbons (Fsp3) is 0.579. The first kappa shape index (κ1) is 16.0. The van der Waals surface area contributed by atoms with Gasteiger partial charge in [0.25, 0.3) is 0 Å². The number of fused-ring (bicyclic) bond motifs is 1. The van der Waals surface area contributed by atoms with Gasteiger partial charge in [0.05, 0.1) is 7.11 Å². The molecule has 1 aromatic carbocycles. The molecule has 1 aliphatic carbocycles. The molecule has 0 N–H and O–H groups in total. The van der Waals surface area contributed by atoms with E-state index in [4.69, 9.17) is 9.47 Å². The average Bonchev–Trinajstić information content (AvgIpc) is 3.08. The highest BCUT2D eigenvalue weighted by Gasteiger charge is 2.73. The van der Waals surface area contributed by atoms with Crippen LogP contribution in [0.3, 0.4) is 0 Å². The van der Waals surface area contributed by atoms with Gasteiger partial charge in [-0.15, -0.1) is 0 Å². The number of hydrogen-bond acceptors (Lipinski definition) is 4. The molecule has 1 heterocycles. The minimum atomic E-state index is -1.13. The lowest BCUT2D eigenvalue weighted by molar-refractivity contribution is -0.166. The van der Waals surface area contributed by atoms with Crippen LogP contribution in [-0.2, 0) is 19.1 Å². The maximum Gasteiger partial charge on any atom is 0.324 e. The van der Waals surface area contributed by atoms with Gasteiger partial charge in [-0.25, -0.2) is 0 Å². The summed E-state index contributed by atoms with van der Waals surface area (Å²) in [5.41, 5.74) is -0.629. The Bertz CT molecular complexity index is 597.